The Balaban J connectivity index is 2.18. The van der Waals surface area contributed by atoms with Crippen molar-refractivity contribution in [1.82, 2.24) is 0 Å². The van der Waals surface area contributed by atoms with Crippen molar-refractivity contribution in [2.24, 2.45) is 0 Å². The number of carboxylic acids is 1. The number of carbonyl (C=O) groups is 1. The highest BCUT2D eigenvalue weighted by Crippen LogP contribution is 2.13. The number of nitrogens with zero attached hydrogens (tertiary/aromatic N) is 1. The van der Waals surface area contributed by atoms with Crippen LogP contribution in [0.3, 0.4) is 0 Å². The number of aliphatic carboxylic acids is 1. The molecule has 0 spiro atoms. The van der Waals surface area contributed by atoms with Crippen LogP contribution < -0.4 is 4.74 Å². The topological polar surface area (TPSA) is 70.3 Å². The van der Waals surface area contributed by atoms with E-state index in [0.29, 0.717) is 24.3 Å². The molecule has 90 valence electrons. The first kappa shape index (κ1) is 13.0. The fourth-order valence-electron chi connectivity index (χ4n) is 1.40. The zero-order valence-electron chi connectivity index (χ0n) is 9.56. The number of nitriles is 1. The maximum absolute atomic E-state index is 10.3. The smallest absolute Gasteiger partial charge is 0.303 e. The monoisotopic (exact) mass is 233 g/mol. The van der Waals surface area contributed by atoms with Gasteiger partial charge in [-0.25, -0.2) is 0 Å². The molecule has 0 amide bonds. The molecule has 1 N–H and O–H groups in total. The van der Waals surface area contributed by atoms with Crippen molar-refractivity contribution in [1.29, 1.82) is 5.26 Å². The van der Waals surface area contributed by atoms with Gasteiger partial charge in [-0.3, -0.25) is 4.79 Å². The summed E-state index contributed by atoms with van der Waals surface area (Å²) in [5.74, 6) is -0.0741. The number of benzene rings is 1. The second kappa shape index (κ2) is 7.29. The summed E-state index contributed by atoms with van der Waals surface area (Å²) >= 11 is 0. The molecule has 0 saturated carbocycles. The van der Waals surface area contributed by atoms with Gasteiger partial charge >= 0.3 is 5.97 Å². The van der Waals surface area contributed by atoms with Crippen molar-refractivity contribution >= 4 is 5.97 Å². The Bertz CT molecular complexity index is 409. The first-order valence-corrected chi connectivity index (χ1v) is 5.57. The van der Waals surface area contributed by atoms with Crippen molar-refractivity contribution < 1.29 is 14.6 Å². The molecular formula is C13H15NO3. The van der Waals surface area contributed by atoms with Crippen LogP contribution in [0, 0.1) is 11.3 Å². The highest BCUT2D eigenvalue weighted by atomic mass is 16.5. The van der Waals surface area contributed by atoms with Crippen LogP contribution in [0.25, 0.3) is 0 Å². The molecule has 17 heavy (non-hydrogen) atoms. The van der Waals surface area contributed by atoms with Crippen LogP contribution in [0.5, 0.6) is 5.75 Å². The number of hydrogen-bond acceptors (Lipinski definition) is 3. The minimum absolute atomic E-state index is 0.212. The molecule has 0 aromatic heterocycles. The van der Waals surface area contributed by atoms with Gasteiger partial charge in [0.1, 0.15) is 5.75 Å². The quantitative estimate of drug-likeness (QED) is 0.735. The fourth-order valence-corrected chi connectivity index (χ4v) is 1.40. The summed E-state index contributed by atoms with van der Waals surface area (Å²) in [5.41, 5.74) is 0.577. The van der Waals surface area contributed by atoms with Crippen molar-refractivity contribution in [2.75, 3.05) is 6.61 Å². The van der Waals surface area contributed by atoms with E-state index in [2.05, 4.69) is 0 Å². The fraction of sp³-hybridized carbons (Fsp3) is 0.385. The summed E-state index contributed by atoms with van der Waals surface area (Å²) in [6.07, 6.45) is 2.55. The Labute approximate surface area is 100 Å². The van der Waals surface area contributed by atoms with Crippen LogP contribution in [0.15, 0.2) is 24.3 Å². The number of carboxylic acid groups (broad SMARTS) is 1. The second-order valence-corrected chi connectivity index (χ2v) is 3.69. The third-order valence-corrected chi connectivity index (χ3v) is 2.27. The standard InChI is InChI=1S/C13H15NO3/c14-10-11-5-4-6-12(9-11)17-8-3-1-2-7-13(15)16/h4-6,9H,1-3,7-8H2,(H,15,16). The molecule has 1 aromatic rings. The lowest BCUT2D eigenvalue weighted by atomic mass is 10.2. The molecule has 0 fully saturated rings. The van der Waals surface area contributed by atoms with Crippen LogP contribution in [-0.4, -0.2) is 17.7 Å². The molecule has 0 aliphatic rings. The van der Waals surface area contributed by atoms with E-state index in [-0.39, 0.29) is 6.42 Å². The Morgan fingerprint density at radius 1 is 1.35 bits per heavy atom. The summed E-state index contributed by atoms with van der Waals surface area (Å²) in [5, 5.41) is 17.1. The number of unbranched alkanes of at least 4 members (excludes halogenated alkanes) is 2. The molecule has 0 aliphatic heterocycles. The number of ether oxygens (including phenoxy) is 1. The molecule has 0 atom stereocenters. The van der Waals surface area contributed by atoms with Gasteiger partial charge in [0.2, 0.25) is 0 Å². The third-order valence-electron chi connectivity index (χ3n) is 2.27. The average Bonchev–Trinajstić information content (AvgIpc) is 2.33. The highest BCUT2D eigenvalue weighted by molar-refractivity contribution is 5.66. The van der Waals surface area contributed by atoms with Crippen LogP contribution >= 0.6 is 0 Å². The van der Waals surface area contributed by atoms with E-state index in [1.165, 1.54) is 0 Å². The molecule has 0 radical (unpaired) electrons. The van der Waals surface area contributed by atoms with E-state index in [0.717, 1.165) is 12.8 Å². The van der Waals surface area contributed by atoms with E-state index in [9.17, 15) is 4.79 Å². The largest absolute Gasteiger partial charge is 0.494 e. The predicted octanol–water partition coefficient (Wildman–Crippen LogP) is 2.58. The second-order valence-electron chi connectivity index (χ2n) is 3.69. The summed E-state index contributed by atoms with van der Waals surface area (Å²) in [6, 6.07) is 9.04. The van der Waals surface area contributed by atoms with Crippen LogP contribution in [0.1, 0.15) is 31.2 Å². The summed E-state index contributed by atoms with van der Waals surface area (Å²) in [4.78, 5) is 10.3. The van der Waals surface area contributed by atoms with Crippen molar-refractivity contribution in [3.8, 4) is 11.8 Å². The normalized spacial score (nSPS) is 9.59. The van der Waals surface area contributed by atoms with E-state index >= 15 is 0 Å². The van der Waals surface area contributed by atoms with Crippen molar-refractivity contribution in [2.45, 2.75) is 25.7 Å². The third kappa shape index (κ3) is 5.57. The molecule has 1 rings (SSSR count). The lowest BCUT2D eigenvalue weighted by Gasteiger charge is -2.05. The van der Waals surface area contributed by atoms with Crippen molar-refractivity contribution in [3.63, 3.8) is 0 Å². The SMILES string of the molecule is N#Cc1cccc(OCCCCCC(=O)O)c1. The molecule has 1 aromatic carbocycles. The van der Waals surface area contributed by atoms with Gasteiger partial charge in [-0.2, -0.15) is 5.26 Å². The van der Waals surface area contributed by atoms with Gasteiger partial charge in [-0.05, 0) is 37.5 Å². The molecule has 0 aliphatic carbocycles. The minimum atomic E-state index is -0.757. The molecule has 0 saturated heterocycles. The average molecular weight is 233 g/mol. The molecule has 0 bridgehead atoms. The Kier molecular flexibility index (Phi) is 5.59. The van der Waals surface area contributed by atoms with Crippen LogP contribution in [-0.2, 0) is 4.79 Å². The Morgan fingerprint density at radius 3 is 2.88 bits per heavy atom. The van der Waals surface area contributed by atoms with Crippen LogP contribution in [0.4, 0.5) is 0 Å². The maximum Gasteiger partial charge on any atom is 0.303 e. The maximum atomic E-state index is 10.3. The van der Waals surface area contributed by atoms with Gasteiger partial charge in [0, 0.05) is 6.42 Å². The van der Waals surface area contributed by atoms with Gasteiger partial charge in [-0.1, -0.05) is 6.07 Å². The molecular weight excluding hydrogens is 218 g/mol. The first-order chi connectivity index (χ1) is 8.22. The molecule has 0 heterocycles. The number of hydrogen-bond donors (Lipinski definition) is 1. The molecule has 4 nitrogen and oxygen atoms in total. The van der Waals surface area contributed by atoms with E-state index < -0.39 is 5.97 Å². The van der Waals surface area contributed by atoms with E-state index in [1.54, 1.807) is 24.3 Å². The summed E-state index contributed by atoms with van der Waals surface area (Å²) < 4.78 is 5.46. The van der Waals surface area contributed by atoms with Gasteiger partial charge in [0.15, 0.2) is 0 Å². The van der Waals surface area contributed by atoms with E-state index in [4.69, 9.17) is 15.1 Å². The highest BCUT2D eigenvalue weighted by Gasteiger charge is 1.98. The van der Waals surface area contributed by atoms with Gasteiger partial charge in [-0.15, -0.1) is 0 Å². The van der Waals surface area contributed by atoms with Crippen molar-refractivity contribution in [3.05, 3.63) is 29.8 Å². The van der Waals surface area contributed by atoms with Gasteiger partial charge in [0.05, 0.1) is 18.2 Å². The lowest BCUT2D eigenvalue weighted by Crippen LogP contribution is -1.99. The number of rotatable bonds is 7. The summed E-state index contributed by atoms with van der Waals surface area (Å²) in [6.45, 7) is 0.550. The Hall–Kier alpha value is -2.02. The Morgan fingerprint density at radius 2 is 2.18 bits per heavy atom. The van der Waals surface area contributed by atoms with Gasteiger partial charge < -0.3 is 9.84 Å². The zero-order valence-corrected chi connectivity index (χ0v) is 9.56. The molecule has 0 unspecified atom stereocenters. The summed E-state index contributed by atoms with van der Waals surface area (Å²) in [7, 11) is 0. The van der Waals surface area contributed by atoms with E-state index in [1.807, 2.05) is 6.07 Å². The zero-order chi connectivity index (χ0) is 12.5. The van der Waals surface area contributed by atoms with Gasteiger partial charge in [0.25, 0.3) is 0 Å². The minimum Gasteiger partial charge on any atom is -0.494 e. The van der Waals surface area contributed by atoms with Crippen LogP contribution in [0.2, 0.25) is 0 Å². The first-order valence-electron chi connectivity index (χ1n) is 5.57. The molecule has 4 heteroatoms. The lowest BCUT2D eigenvalue weighted by molar-refractivity contribution is -0.137. The predicted molar refractivity (Wildman–Crippen MR) is 62.8 cm³/mol.